The second-order valence-electron chi connectivity index (χ2n) is 6.80. The zero-order chi connectivity index (χ0) is 16.4. The molecule has 1 aromatic rings. The van der Waals surface area contributed by atoms with Gasteiger partial charge in [-0.3, -0.25) is 4.79 Å². The van der Waals surface area contributed by atoms with Crippen LogP contribution < -0.4 is 5.32 Å². The lowest BCUT2D eigenvalue weighted by atomic mass is 10.0. The van der Waals surface area contributed by atoms with E-state index in [1.807, 2.05) is 0 Å². The Labute approximate surface area is 134 Å². The first-order chi connectivity index (χ1) is 10.9. The van der Waals surface area contributed by atoms with Crippen molar-refractivity contribution in [2.45, 2.75) is 50.6 Å². The summed E-state index contributed by atoms with van der Waals surface area (Å²) in [4.78, 5) is 12.1. The highest BCUT2D eigenvalue weighted by Crippen LogP contribution is 2.48. The third-order valence-corrected chi connectivity index (χ3v) is 5.12. The van der Waals surface area contributed by atoms with E-state index in [1.165, 1.54) is 37.8 Å². The Bertz CT molecular complexity index is 546. The van der Waals surface area contributed by atoms with E-state index < -0.39 is 11.7 Å². The van der Waals surface area contributed by atoms with Crippen LogP contribution in [0.4, 0.5) is 13.2 Å². The average Bonchev–Trinajstić information content (AvgIpc) is 3.15. The van der Waals surface area contributed by atoms with E-state index in [0.717, 1.165) is 43.0 Å². The highest BCUT2D eigenvalue weighted by Gasteiger charge is 2.44. The van der Waals surface area contributed by atoms with Gasteiger partial charge in [-0.2, -0.15) is 13.2 Å². The summed E-state index contributed by atoms with van der Waals surface area (Å²) in [5.74, 6) is 0.798. The standard InChI is InChI=1S/C18H22F3NO/c19-18(20,21)14-7-5-13(6-8-14)15-11-16(15)17(23)22-10-9-12-3-1-2-4-12/h5-8,12,15-16H,1-4,9-11H2,(H,22,23). The average molecular weight is 325 g/mol. The van der Waals surface area contributed by atoms with Gasteiger partial charge in [-0.1, -0.05) is 37.8 Å². The SMILES string of the molecule is O=C(NCCC1CCCC1)C1CC1c1ccc(C(F)(F)F)cc1. The van der Waals surface area contributed by atoms with Gasteiger partial charge in [-0.15, -0.1) is 0 Å². The van der Waals surface area contributed by atoms with Crippen LogP contribution in [0.5, 0.6) is 0 Å². The van der Waals surface area contributed by atoms with Gasteiger partial charge in [0.25, 0.3) is 0 Å². The van der Waals surface area contributed by atoms with Crippen molar-refractivity contribution in [3.8, 4) is 0 Å². The largest absolute Gasteiger partial charge is 0.416 e. The van der Waals surface area contributed by atoms with E-state index in [0.29, 0.717) is 0 Å². The quantitative estimate of drug-likeness (QED) is 0.848. The van der Waals surface area contributed by atoms with E-state index in [2.05, 4.69) is 5.32 Å². The number of carbonyl (C=O) groups is 1. The highest BCUT2D eigenvalue weighted by atomic mass is 19.4. The maximum atomic E-state index is 12.5. The smallest absolute Gasteiger partial charge is 0.356 e. The molecule has 126 valence electrons. The molecule has 5 heteroatoms. The van der Waals surface area contributed by atoms with Crippen LogP contribution in [0.2, 0.25) is 0 Å². The maximum Gasteiger partial charge on any atom is 0.416 e. The Hall–Kier alpha value is -1.52. The lowest BCUT2D eigenvalue weighted by Gasteiger charge is -2.10. The summed E-state index contributed by atoms with van der Waals surface area (Å²) in [6.45, 7) is 0.722. The van der Waals surface area contributed by atoms with Crippen molar-refractivity contribution < 1.29 is 18.0 Å². The van der Waals surface area contributed by atoms with E-state index >= 15 is 0 Å². The molecule has 0 heterocycles. The van der Waals surface area contributed by atoms with Crippen LogP contribution in [0.25, 0.3) is 0 Å². The Morgan fingerprint density at radius 3 is 2.39 bits per heavy atom. The predicted molar refractivity (Wildman–Crippen MR) is 81.9 cm³/mol. The molecule has 3 rings (SSSR count). The summed E-state index contributed by atoms with van der Waals surface area (Å²) in [5, 5.41) is 2.99. The fraction of sp³-hybridized carbons (Fsp3) is 0.611. The molecule has 2 saturated carbocycles. The fourth-order valence-electron chi connectivity index (χ4n) is 3.60. The molecule has 0 radical (unpaired) electrons. The lowest BCUT2D eigenvalue weighted by Crippen LogP contribution is -2.27. The summed E-state index contributed by atoms with van der Waals surface area (Å²) < 4.78 is 37.6. The van der Waals surface area contributed by atoms with Gasteiger partial charge in [0.15, 0.2) is 0 Å². The molecule has 0 bridgehead atoms. The van der Waals surface area contributed by atoms with E-state index in [1.54, 1.807) is 0 Å². The first-order valence-electron chi connectivity index (χ1n) is 8.40. The van der Waals surface area contributed by atoms with Crippen molar-refractivity contribution in [2.24, 2.45) is 11.8 Å². The summed E-state index contributed by atoms with van der Waals surface area (Å²) >= 11 is 0. The third-order valence-electron chi connectivity index (χ3n) is 5.12. The van der Waals surface area contributed by atoms with E-state index in [-0.39, 0.29) is 17.7 Å². The number of rotatable bonds is 5. The molecule has 0 saturated heterocycles. The Kier molecular flexibility index (Phi) is 4.64. The number of hydrogen-bond donors (Lipinski definition) is 1. The molecule has 1 N–H and O–H groups in total. The number of amides is 1. The van der Waals surface area contributed by atoms with Crippen LogP contribution >= 0.6 is 0 Å². The topological polar surface area (TPSA) is 29.1 Å². The van der Waals surface area contributed by atoms with Gasteiger partial charge >= 0.3 is 6.18 Å². The minimum Gasteiger partial charge on any atom is -0.356 e. The molecular formula is C18H22F3NO. The Morgan fingerprint density at radius 1 is 1.13 bits per heavy atom. The lowest BCUT2D eigenvalue weighted by molar-refractivity contribution is -0.137. The minimum absolute atomic E-state index is 0.0490. The molecule has 2 nitrogen and oxygen atoms in total. The van der Waals surface area contributed by atoms with E-state index in [9.17, 15) is 18.0 Å². The van der Waals surface area contributed by atoms with Crippen LogP contribution in [0.15, 0.2) is 24.3 Å². The number of halogens is 3. The molecule has 2 fully saturated rings. The van der Waals surface area contributed by atoms with Crippen molar-refractivity contribution in [2.75, 3.05) is 6.54 Å². The molecule has 2 unspecified atom stereocenters. The van der Waals surface area contributed by atoms with Crippen LogP contribution in [0.3, 0.4) is 0 Å². The molecule has 2 aliphatic rings. The monoisotopic (exact) mass is 325 g/mol. The van der Waals surface area contributed by atoms with Crippen molar-refractivity contribution in [1.29, 1.82) is 0 Å². The van der Waals surface area contributed by atoms with Gasteiger partial charge in [0.1, 0.15) is 0 Å². The maximum absolute atomic E-state index is 12.5. The molecule has 1 amide bonds. The van der Waals surface area contributed by atoms with Crippen LogP contribution in [-0.2, 0) is 11.0 Å². The van der Waals surface area contributed by atoms with Gasteiger partial charge in [0.05, 0.1) is 5.56 Å². The van der Waals surface area contributed by atoms with Crippen LogP contribution in [0, 0.1) is 11.8 Å². The number of benzene rings is 1. The summed E-state index contributed by atoms with van der Waals surface area (Å²) in [5.41, 5.74) is 0.188. The van der Waals surface area contributed by atoms with E-state index in [4.69, 9.17) is 0 Å². The molecular weight excluding hydrogens is 303 g/mol. The Balaban J connectivity index is 1.45. The Morgan fingerprint density at radius 2 is 1.78 bits per heavy atom. The summed E-state index contributed by atoms with van der Waals surface area (Å²) in [6.07, 6.45) is 2.62. The molecule has 0 spiro atoms. The van der Waals surface area contributed by atoms with Crippen molar-refractivity contribution >= 4 is 5.91 Å². The zero-order valence-corrected chi connectivity index (χ0v) is 13.0. The molecule has 23 heavy (non-hydrogen) atoms. The third kappa shape index (κ3) is 4.06. The zero-order valence-electron chi connectivity index (χ0n) is 13.0. The first kappa shape index (κ1) is 16.3. The van der Waals surface area contributed by atoms with Gasteiger partial charge in [-0.25, -0.2) is 0 Å². The molecule has 0 aromatic heterocycles. The van der Waals surface area contributed by atoms with Gasteiger partial charge in [-0.05, 0) is 42.4 Å². The van der Waals surface area contributed by atoms with Crippen molar-refractivity contribution in [1.82, 2.24) is 5.32 Å². The second-order valence-corrected chi connectivity index (χ2v) is 6.80. The van der Waals surface area contributed by atoms with Crippen LogP contribution in [-0.4, -0.2) is 12.5 Å². The van der Waals surface area contributed by atoms with Gasteiger partial charge in [0.2, 0.25) is 5.91 Å². The number of alkyl halides is 3. The van der Waals surface area contributed by atoms with Crippen molar-refractivity contribution in [3.63, 3.8) is 0 Å². The predicted octanol–water partition coefficient (Wildman–Crippen LogP) is 4.51. The minimum atomic E-state index is -4.31. The molecule has 0 aliphatic heterocycles. The van der Waals surface area contributed by atoms with Gasteiger partial charge < -0.3 is 5.32 Å². The first-order valence-corrected chi connectivity index (χ1v) is 8.40. The van der Waals surface area contributed by atoms with Crippen LogP contribution in [0.1, 0.15) is 55.6 Å². The highest BCUT2D eigenvalue weighted by molar-refractivity contribution is 5.82. The number of nitrogens with one attached hydrogen (secondary N) is 1. The fourth-order valence-corrected chi connectivity index (χ4v) is 3.60. The van der Waals surface area contributed by atoms with Crippen molar-refractivity contribution in [3.05, 3.63) is 35.4 Å². The van der Waals surface area contributed by atoms with Gasteiger partial charge in [0, 0.05) is 12.5 Å². The molecule has 1 aromatic carbocycles. The second kappa shape index (κ2) is 6.54. The molecule has 2 atom stereocenters. The summed E-state index contributed by atoms with van der Waals surface area (Å²) in [6, 6.07) is 5.20. The number of hydrogen-bond acceptors (Lipinski definition) is 1. The number of carbonyl (C=O) groups excluding carboxylic acids is 1. The molecule has 2 aliphatic carbocycles. The summed E-state index contributed by atoms with van der Waals surface area (Å²) in [7, 11) is 0. The normalized spacial score (nSPS) is 24.7.